The van der Waals surface area contributed by atoms with Gasteiger partial charge in [0, 0.05) is 13.2 Å². The van der Waals surface area contributed by atoms with Crippen LogP contribution in [0.3, 0.4) is 0 Å². The molecule has 1 amide bonds. The van der Waals surface area contributed by atoms with Gasteiger partial charge in [-0.3, -0.25) is 4.79 Å². The molecule has 3 rings (SSSR count). The van der Waals surface area contributed by atoms with Gasteiger partial charge in [-0.2, -0.15) is 8.75 Å². The number of nitrogens with one attached hydrogen (secondary N) is 2. The van der Waals surface area contributed by atoms with E-state index in [-0.39, 0.29) is 5.91 Å². The monoisotopic (exact) mass is 319 g/mol. The molecule has 6 nitrogen and oxygen atoms in total. The van der Waals surface area contributed by atoms with Gasteiger partial charge >= 0.3 is 0 Å². The Hall–Kier alpha value is -2.25. The number of carbonyl (C=O) groups is 1. The number of hydrogen-bond donors (Lipinski definition) is 2. The van der Waals surface area contributed by atoms with Crippen molar-refractivity contribution in [2.45, 2.75) is 0 Å². The maximum Gasteiger partial charge on any atom is 0.257 e. The summed E-state index contributed by atoms with van der Waals surface area (Å²) in [5.74, 6) is 0.392. The van der Waals surface area contributed by atoms with E-state index in [2.05, 4.69) is 24.4 Å². The van der Waals surface area contributed by atoms with Gasteiger partial charge in [0.15, 0.2) is 0 Å². The van der Waals surface area contributed by atoms with Gasteiger partial charge in [0.1, 0.15) is 16.9 Å². The molecule has 1 aromatic carbocycles. The molecule has 106 valence electrons. The summed E-state index contributed by atoms with van der Waals surface area (Å²) >= 11 is 7.21. The van der Waals surface area contributed by atoms with Crippen LogP contribution in [0.15, 0.2) is 30.5 Å². The van der Waals surface area contributed by atoms with Crippen molar-refractivity contribution in [1.29, 1.82) is 0 Å². The van der Waals surface area contributed by atoms with Gasteiger partial charge in [0.05, 0.1) is 28.0 Å². The van der Waals surface area contributed by atoms with E-state index in [1.165, 1.54) is 6.20 Å². The third-order valence-corrected chi connectivity index (χ3v) is 3.75. The van der Waals surface area contributed by atoms with Crippen LogP contribution in [-0.4, -0.2) is 26.7 Å². The number of pyridine rings is 1. The highest BCUT2D eigenvalue weighted by molar-refractivity contribution is 7.00. The summed E-state index contributed by atoms with van der Waals surface area (Å²) < 4.78 is 8.28. The van der Waals surface area contributed by atoms with Gasteiger partial charge in [-0.05, 0) is 24.3 Å². The first-order valence-corrected chi connectivity index (χ1v) is 7.16. The molecule has 0 saturated carbocycles. The minimum atomic E-state index is -0.299. The lowest BCUT2D eigenvalue weighted by Gasteiger charge is -2.08. The molecule has 3 aromatic rings. The Bertz CT molecular complexity index is 802. The van der Waals surface area contributed by atoms with Gasteiger partial charge < -0.3 is 10.6 Å². The third kappa shape index (κ3) is 2.65. The van der Waals surface area contributed by atoms with Gasteiger partial charge in [0.25, 0.3) is 5.91 Å². The summed E-state index contributed by atoms with van der Waals surface area (Å²) in [6, 6.07) is 6.85. The highest BCUT2D eigenvalue weighted by Crippen LogP contribution is 2.30. The number of fused-ring (bicyclic) bond motifs is 1. The lowest BCUT2D eigenvalue weighted by Crippen LogP contribution is -2.13. The number of amides is 1. The number of rotatable bonds is 3. The molecule has 0 aliphatic carbocycles. The van der Waals surface area contributed by atoms with Crippen LogP contribution < -0.4 is 10.6 Å². The number of carbonyl (C=O) groups excluding carboxylic acids is 1. The van der Waals surface area contributed by atoms with E-state index in [1.54, 1.807) is 31.3 Å². The predicted octanol–water partition coefficient (Wildman–Crippen LogP) is 3.03. The first-order chi connectivity index (χ1) is 10.2. The second kappa shape index (κ2) is 5.63. The summed E-state index contributed by atoms with van der Waals surface area (Å²) in [4.78, 5) is 16.4. The topological polar surface area (TPSA) is 79.8 Å². The van der Waals surface area contributed by atoms with Crippen molar-refractivity contribution in [2.75, 3.05) is 17.7 Å². The first-order valence-electron chi connectivity index (χ1n) is 6.05. The minimum absolute atomic E-state index is 0.299. The van der Waals surface area contributed by atoms with Crippen LogP contribution in [-0.2, 0) is 0 Å². The van der Waals surface area contributed by atoms with Crippen molar-refractivity contribution in [2.24, 2.45) is 0 Å². The fourth-order valence-electron chi connectivity index (χ4n) is 1.81. The Balaban J connectivity index is 1.92. The maximum atomic E-state index is 12.3. The molecule has 0 aliphatic heterocycles. The van der Waals surface area contributed by atoms with E-state index in [9.17, 15) is 4.79 Å². The van der Waals surface area contributed by atoms with Crippen molar-refractivity contribution in [3.8, 4) is 0 Å². The van der Waals surface area contributed by atoms with Crippen molar-refractivity contribution in [3.63, 3.8) is 0 Å². The Morgan fingerprint density at radius 2 is 2.10 bits per heavy atom. The number of aromatic nitrogens is 3. The second-order valence-electron chi connectivity index (χ2n) is 4.19. The lowest BCUT2D eigenvalue weighted by molar-refractivity contribution is 0.102. The quantitative estimate of drug-likeness (QED) is 0.775. The normalized spacial score (nSPS) is 10.6. The van der Waals surface area contributed by atoms with Gasteiger partial charge in [-0.15, -0.1) is 0 Å². The van der Waals surface area contributed by atoms with Crippen LogP contribution in [0.25, 0.3) is 11.0 Å². The Morgan fingerprint density at radius 1 is 1.24 bits per heavy atom. The van der Waals surface area contributed by atoms with Gasteiger partial charge in [-0.1, -0.05) is 11.6 Å². The molecule has 0 radical (unpaired) electrons. The molecule has 0 unspecified atom stereocenters. The maximum absolute atomic E-state index is 12.3. The largest absolute Gasteiger partial charge is 0.373 e. The zero-order valence-electron chi connectivity index (χ0n) is 10.9. The van der Waals surface area contributed by atoms with Crippen molar-refractivity contribution < 1.29 is 4.79 Å². The average molecular weight is 320 g/mol. The highest BCUT2D eigenvalue weighted by atomic mass is 35.5. The number of nitrogens with zero attached hydrogens (tertiary/aromatic N) is 3. The molecule has 2 heterocycles. The SMILES string of the molecule is CNc1ccc(C(=O)Nc2c(Cl)ccc3nsnc23)cn1. The predicted molar refractivity (Wildman–Crippen MR) is 84.2 cm³/mol. The van der Waals surface area contributed by atoms with E-state index in [0.29, 0.717) is 33.1 Å². The van der Waals surface area contributed by atoms with Crippen LogP contribution in [0.5, 0.6) is 0 Å². The van der Waals surface area contributed by atoms with E-state index in [4.69, 9.17) is 11.6 Å². The Labute approximate surface area is 129 Å². The van der Waals surface area contributed by atoms with Gasteiger partial charge in [0.2, 0.25) is 0 Å². The summed E-state index contributed by atoms with van der Waals surface area (Å²) in [5.41, 5.74) is 2.18. The van der Waals surface area contributed by atoms with Crippen molar-refractivity contribution >= 4 is 51.8 Å². The molecule has 0 spiro atoms. The Kier molecular flexibility index (Phi) is 3.68. The second-order valence-corrected chi connectivity index (χ2v) is 5.13. The minimum Gasteiger partial charge on any atom is -0.373 e. The molecule has 2 aromatic heterocycles. The molecule has 21 heavy (non-hydrogen) atoms. The van der Waals surface area contributed by atoms with Crippen LogP contribution in [0.2, 0.25) is 5.02 Å². The van der Waals surface area contributed by atoms with Crippen LogP contribution in [0, 0.1) is 0 Å². The van der Waals surface area contributed by atoms with Crippen molar-refractivity contribution in [3.05, 3.63) is 41.0 Å². The van der Waals surface area contributed by atoms with E-state index in [0.717, 1.165) is 11.7 Å². The fourth-order valence-corrected chi connectivity index (χ4v) is 2.55. The van der Waals surface area contributed by atoms with E-state index < -0.39 is 0 Å². The van der Waals surface area contributed by atoms with Crippen LogP contribution in [0.1, 0.15) is 10.4 Å². The molecule has 0 bridgehead atoms. The summed E-state index contributed by atoms with van der Waals surface area (Å²) in [6.07, 6.45) is 1.49. The molecule has 8 heteroatoms. The summed E-state index contributed by atoms with van der Waals surface area (Å²) in [7, 11) is 1.76. The smallest absolute Gasteiger partial charge is 0.257 e. The molecule has 0 atom stereocenters. The first kappa shape index (κ1) is 13.7. The third-order valence-electron chi connectivity index (χ3n) is 2.90. The highest BCUT2D eigenvalue weighted by Gasteiger charge is 2.14. The lowest BCUT2D eigenvalue weighted by atomic mass is 10.2. The molecular weight excluding hydrogens is 310 g/mol. The number of benzene rings is 1. The number of halogens is 1. The van der Waals surface area contributed by atoms with Crippen LogP contribution in [0.4, 0.5) is 11.5 Å². The molecular formula is C13H10ClN5OS. The molecule has 0 aliphatic rings. The zero-order chi connectivity index (χ0) is 14.8. The van der Waals surface area contributed by atoms with E-state index in [1.807, 2.05) is 0 Å². The molecule has 0 fully saturated rings. The Morgan fingerprint density at radius 3 is 2.81 bits per heavy atom. The standard InChI is InChI=1S/C13H10ClN5OS/c1-15-10-5-2-7(6-16-10)13(20)17-11-8(14)3-4-9-12(11)19-21-18-9/h2-6H,1H3,(H,15,16)(H,17,20). The van der Waals surface area contributed by atoms with Crippen molar-refractivity contribution in [1.82, 2.24) is 13.7 Å². The van der Waals surface area contributed by atoms with Crippen LogP contribution >= 0.6 is 23.3 Å². The zero-order valence-corrected chi connectivity index (χ0v) is 12.5. The van der Waals surface area contributed by atoms with Gasteiger partial charge in [-0.25, -0.2) is 4.98 Å². The molecule has 2 N–H and O–H groups in total. The molecule has 0 saturated heterocycles. The average Bonchev–Trinajstić information content (AvgIpc) is 2.99. The summed E-state index contributed by atoms with van der Waals surface area (Å²) in [6.45, 7) is 0. The van der Waals surface area contributed by atoms with E-state index >= 15 is 0 Å². The summed E-state index contributed by atoms with van der Waals surface area (Å²) in [5, 5.41) is 6.08. The number of anilines is 2. The fraction of sp³-hybridized carbons (Fsp3) is 0.0769. The number of hydrogen-bond acceptors (Lipinski definition) is 6.